The predicted molar refractivity (Wildman–Crippen MR) is 78.2 cm³/mol. The first-order chi connectivity index (χ1) is 8.37. The number of hydrogen-bond acceptors (Lipinski definition) is 2. The lowest BCUT2D eigenvalue weighted by molar-refractivity contribution is 0.177. The molecule has 3 heteroatoms. The maximum Gasteiger partial charge on any atom is 0.152 e. The van der Waals surface area contributed by atoms with Gasteiger partial charge >= 0.3 is 0 Å². The molecule has 0 aliphatic heterocycles. The Morgan fingerprint density at radius 1 is 1.44 bits per heavy atom. The van der Waals surface area contributed by atoms with Crippen LogP contribution in [-0.4, -0.2) is 11.0 Å². The molecular formula is C15H23ClN2. The maximum absolute atomic E-state index is 6.15. The van der Waals surface area contributed by atoms with E-state index in [9.17, 15) is 0 Å². The third-order valence-corrected chi connectivity index (χ3v) is 4.31. The van der Waals surface area contributed by atoms with Gasteiger partial charge in [-0.05, 0) is 49.1 Å². The van der Waals surface area contributed by atoms with Crippen molar-refractivity contribution in [2.24, 2.45) is 11.3 Å². The van der Waals surface area contributed by atoms with Gasteiger partial charge in [0.05, 0.1) is 5.69 Å². The number of rotatable bonds is 2. The number of anilines is 1. The quantitative estimate of drug-likeness (QED) is 0.787. The second-order valence-electron chi connectivity index (χ2n) is 6.49. The molecular weight excluding hydrogens is 244 g/mol. The number of pyridine rings is 1. The molecule has 2 nitrogen and oxygen atoms in total. The van der Waals surface area contributed by atoms with Crippen LogP contribution in [0, 0.1) is 18.3 Å². The van der Waals surface area contributed by atoms with Gasteiger partial charge in [-0.2, -0.15) is 0 Å². The molecule has 1 heterocycles. The van der Waals surface area contributed by atoms with E-state index in [1.807, 2.05) is 6.92 Å². The van der Waals surface area contributed by atoms with Gasteiger partial charge in [0.25, 0.3) is 0 Å². The molecule has 0 aromatic carbocycles. The van der Waals surface area contributed by atoms with Crippen LogP contribution in [0.25, 0.3) is 0 Å². The van der Waals surface area contributed by atoms with Crippen molar-refractivity contribution in [3.05, 3.63) is 23.0 Å². The monoisotopic (exact) mass is 266 g/mol. The molecule has 1 fully saturated rings. The Bertz CT molecular complexity index is 429. The van der Waals surface area contributed by atoms with E-state index in [1.165, 1.54) is 19.3 Å². The smallest absolute Gasteiger partial charge is 0.152 e. The Morgan fingerprint density at radius 3 is 2.83 bits per heavy atom. The zero-order valence-corrected chi connectivity index (χ0v) is 12.5. The minimum atomic E-state index is 0.478. The van der Waals surface area contributed by atoms with E-state index in [0.29, 0.717) is 22.5 Å². The molecule has 2 atom stereocenters. The number of nitrogens with zero attached hydrogens (tertiary/aromatic N) is 1. The lowest BCUT2D eigenvalue weighted by atomic mass is 9.70. The molecule has 0 bridgehead atoms. The normalized spacial score (nSPS) is 26.9. The third-order valence-electron chi connectivity index (χ3n) is 4.01. The van der Waals surface area contributed by atoms with Crippen LogP contribution >= 0.6 is 11.6 Å². The fourth-order valence-electron chi connectivity index (χ4n) is 3.01. The Hall–Kier alpha value is -0.760. The number of nitrogens with one attached hydrogen (secondary N) is 1. The fraction of sp³-hybridized carbons (Fsp3) is 0.667. The minimum absolute atomic E-state index is 0.478. The summed E-state index contributed by atoms with van der Waals surface area (Å²) < 4.78 is 0. The zero-order chi connectivity index (χ0) is 13.3. The molecule has 1 aromatic heterocycles. The summed E-state index contributed by atoms with van der Waals surface area (Å²) in [7, 11) is 0. The van der Waals surface area contributed by atoms with Crippen LogP contribution in [0.15, 0.2) is 12.3 Å². The van der Waals surface area contributed by atoms with E-state index < -0.39 is 0 Å². The summed E-state index contributed by atoms with van der Waals surface area (Å²) in [5.74, 6) is 0.672. The van der Waals surface area contributed by atoms with Gasteiger partial charge in [-0.3, -0.25) is 0 Å². The fourth-order valence-corrected chi connectivity index (χ4v) is 3.17. The number of hydrogen-bond donors (Lipinski definition) is 1. The van der Waals surface area contributed by atoms with Gasteiger partial charge in [-0.15, -0.1) is 0 Å². The van der Waals surface area contributed by atoms with Crippen molar-refractivity contribution in [3.8, 4) is 0 Å². The number of aryl methyl sites for hydroxylation is 1. The van der Waals surface area contributed by atoms with Crippen LogP contribution in [0.2, 0.25) is 5.15 Å². The lowest BCUT2D eigenvalue weighted by Gasteiger charge is -2.40. The lowest BCUT2D eigenvalue weighted by Crippen LogP contribution is -2.37. The van der Waals surface area contributed by atoms with Gasteiger partial charge < -0.3 is 5.32 Å². The van der Waals surface area contributed by atoms with Crippen LogP contribution < -0.4 is 5.32 Å². The van der Waals surface area contributed by atoms with Gasteiger partial charge in [-0.25, -0.2) is 4.98 Å². The van der Waals surface area contributed by atoms with Crippen LogP contribution in [-0.2, 0) is 0 Å². The molecule has 1 N–H and O–H groups in total. The highest BCUT2D eigenvalue weighted by Gasteiger charge is 2.32. The van der Waals surface area contributed by atoms with Gasteiger partial charge in [0.2, 0.25) is 0 Å². The van der Waals surface area contributed by atoms with Gasteiger partial charge in [0, 0.05) is 12.2 Å². The van der Waals surface area contributed by atoms with Gasteiger partial charge in [0.1, 0.15) is 0 Å². The SMILES string of the molecule is Cc1cnc(Cl)c(NC2CCC(C)(C)CC2C)c1. The van der Waals surface area contributed by atoms with Crippen LogP contribution in [0.1, 0.15) is 45.6 Å². The Balaban J connectivity index is 2.08. The molecule has 2 rings (SSSR count). The molecule has 0 saturated heterocycles. The number of aromatic nitrogens is 1. The van der Waals surface area contributed by atoms with E-state index in [0.717, 1.165) is 11.3 Å². The van der Waals surface area contributed by atoms with E-state index in [-0.39, 0.29) is 0 Å². The summed E-state index contributed by atoms with van der Waals surface area (Å²) >= 11 is 6.15. The predicted octanol–water partition coefficient (Wildman–Crippen LogP) is 4.67. The summed E-state index contributed by atoms with van der Waals surface area (Å²) in [6.07, 6.45) is 5.55. The first-order valence-corrected chi connectivity index (χ1v) is 7.14. The first kappa shape index (κ1) is 13.7. The molecule has 2 unspecified atom stereocenters. The highest BCUT2D eigenvalue weighted by atomic mass is 35.5. The van der Waals surface area contributed by atoms with Crippen molar-refractivity contribution in [1.82, 2.24) is 4.98 Å². The Morgan fingerprint density at radius 2 is 2.17 bits per heavy atom. The van der Waals surface area contributed by atoms with Crippen LogP contribution in [0.3, 0.4) is 0 Å². The van der Waals surface area contributed by atoms with Crippen molar-refractivity contribution < 1.29 is 0 Å². The van der Waals surface area contributed by atoms with E-state index in [1.54, 1.807) is 6.20 Å². The molecule has 0 spiro atoms. The minimum Gasteiger partial charge on any atom is -0.380 e. The van der Waals surface area contributed by atoms with E-state index >= 15 is 0 Å². The second-order valence-corrected chi connectivity index (χ2v) is 6.84. The number of halogens is 1. The van der Waals surface area contributed by atoms with Crippen molar-refractivity contribution in [3.63, 3.8) is 0 Å². The summed E-state index contributed by atoms with van der Waals surface area (Å²) in [6.45, 7) is 9.10. The summed E-state index contributed by atoms with van der Waals surface area (Å²) in [5.41, 5.74) is 2.60. The summed E-state index contributed by atoms with van der Waals surface area (Å²) in [4.78, 5) is 4.20. The molecule has 1 aromatic rings. The molecule has 1 aliphatic rings. The maximum atomic E-state index is 6.15. The highest BCUT2D eigenvalue weighted by molar-refractivity contribution is 6.31. The van der Waals surface area contributed by atoms with Gasteiger partial charge in [-0.1, -0.05) is 32.4 Å². The van der Waals surface area contributed by atoms with E-state index in [2.05, 4.69) is 37.1 Å². The topological polar surface area (TPSA) is 24.9 Å². The van der Waals surface area contributed by atoms with Crippen LogP contribution in [0.4, 0.5) is 5.69 Å². The Kier molecular flexibility index (Phi) is 3.86. The molecule has 0 radical (unpaired) electrons. The zero-order valence-electron chi connectivity index (χ0n) is 11.8. The third kappa shape index (κ3) is 3.17. The molecule has 100 valence electrons. The highest BCUT2D eigenvalue weighted by Crippen LogP contribution is 2.39. The first-order valence-electron chi connectivity index (χ1n) is 6.76. The summed E-state index contributed by atoms with van der Waals surface area (Å²) in [5, 5.41) is 4.16. The van der Waals surface area contributed by atoms with Crippen molar-refractivity contribution >= 4 is 17.3 Å². The molecule has 18 heavy (non-hydrogen) atoms. The molecule has 1 aliphatic carbocycles. The van der Waals surface area contributed by atoms with Crippen LogP contribution in [0.5, 0.6) is 0 Å². The van der Waals surface area contributed by atoms with Crippen molar-refractivity contribution in [2.75, 3.05) is 5.32 Å². The largest absolute Gasteiger partial charge is 0.380 e. The van der Waals surface area contributed by atoms with Crippen molar-refractivity contribution in [2.45, 2.75) is 53.0 Å². The average Bonchev–Trinajstić information content (AvgIpc) is 2.26. The van der Waals surface area contributed by atoms with Crippen molar-refractivity contribution in [1.29, 1.82) is 0 Å². The standard InChI is InChI=1S/C15H23ClN2/c1-10-7-13(14(16)17-9-10)18-12-5-6-15(3,4)8-11(12)2/h7,9,11-12,18H,5-6,8H2,1-4H3. The molecule has 1 saturated carbocycles. The molecule has 0 amide bonds. The van der Waals surface area contributed by atoms with Gasteiger partial charge in [0.15, 0.2) is 5.15 Å². The average molecular weight is 267 g/mol. The summed E-state index contributed by atoms with van der Waals surface area (Å²) in [6, 6.07) is 2.60. The second kappa shape index (κ2) is 5.08. The van der Waals surface area contributed by atoms with E-state index in [4.69, 9.17) is 11.6 Å². The Labute approximate surface area is 115 Å².